The number of phenols is 1. The first-order chi connectivity index (χ1) is 20.4. The van der Waals surface area contributed by atoms with E-state index in [0.717, 1.165) is 31.7 Å². The van der Waals surface area contributed by atoms with Gasteiger partial charge in [0.2, 0.25) is 5.91 Å². The molecule has 0 radical (unpaired) electrons. The summed E-state index contributed by atoms with van der Waals surface area (Å²) in [6, 6.07) is -0.430. The van der Waals surface area contributed by atoms with Crippen molar-refractivity contribution in [3.05, 3.63) is 28.3 Å². The van der Waals surface area contributed by atoms with E-state index in [9.17, 15) is 47.4 Å². The number of aromatic hydroxyl groups is 1. The molecule has 3 saturated carbocycles. The number of alkyl halides is 3. The molecule has 44 heavy (non-hydrogen) atoms. The Balaban J connectivity index is 1.59. The van der Waals surface area contributed by atoms with Gasteiger partial charge in [-0.1, -0.05) is 13.3 Å². The van der Waals surface area contributed by atoms with Gasteiger partial charge in [0.25, 0.3) is 0 Å². The number of rotatable bonds is 7. The molecule has 10 nitrogen and oxygen atoms in total. The topological polar surface area (TPSA) is 158 Å². The van der Waals surface area contributed by atoms with Crippen LogP contribution < -0.4 is 5.73 Å². The molecule has 4 N–H and O–H groups in total. The minimum absolute atomic E-state index is 0.0250. The molecule has 3 fully saturated rings. The van der Waals surface area contributed by atoms with E-state index in [2.05, 4.69) is 6.92 Å². The van der Waals surface area contributed by atoms with E-state index >= 15 is 0 Å². The van der Waals surface area contributed by atoms with Crippen LogP contribution in [0.15, 0.2) is 6.07 Å². The van der Waals surface area contributed by atoms with Gasteiger partial charge in [0.05, 0.1) is 23.1 Å². The number of carbonyl (C=O) groups excluding carboxylic acids is 5. The van der Waals surface area contributed by atoms with E-state index in [1.807, 2.05) is 0 Å². The standard InChI is InChI=1S/C31H38F3N3O7/c1-5-29(7-6-8-29)13-37(4)12-15-11-18(38)20-16(22(15)31(32,33)34)9-14-10-17-23(36(2)3)25(40)21(28(35)43)27(42)30(17,44)26(41)19(14)24(20)39/h11,14,17,19,21,23,38,44H,5-10,12-13H2,1-4H3,(H2,35,43)/t14-,17-,19?,21?,23-,30-/m0/s1. The molecule has 0 spiro atoms. The van der Waals surface area contributed by atoms with E-state index in [1.165, 1.54) is 19.0 Å². The van der Waals surface area contributed by atoms with Crippen molar-refractivity contribution in [2.24, 2.45) is 34.8 Å². The van der Waals surface area contributed by atoms with Gasteiger partial charge in [0.1, 0.15) is 5.75 Å². The third-order valence-electron chi connectivity index (χ3n) is 10.6. The number of hydrogen-bond acceptors (Lipinski definition) is 9. The SMILES string of the molecule is CCC1(CN(C)Cc2cc(O)c3c(c2C(F)(F)F)C[C@H]2C[C@H]4[C@H](N(C)C)C(=O)C(C(N)=O)C(=O)[C@@]4(O)C(=O)C2C3=O)CCC1. The monoisotopic (exact) mass is 621 g/mol. The Labute approximate surface area is 252 Å². The van der Waals surface area contributed by atoms with Gasteiger partial charge in [0, 0.05) is 19.0 Å². The fourth-order valence-corrected chi connectivity index (χ4v) is 8.44. The van der Waals surface area contributed by atoms with Crippen molar-refractivity contribution >= 4 is 29.0 Å². The van der Waals surface area contributed by atoms with Crippen molar-refractivity contribution in [3.63, 3.8) is 0 Å². The number of aliphatic hydroxyl groups is 1. The molecule has 240 valence electrons. The number of nitrogens with zero attached hydrogens (tertiary/aromatic N) is 2. The van der Waals surface area contributed by atoms with Crippen LogP contribution in [0.2, 0.25) is 0 Å². The Morgan fingerprint density at radius 3 is 2.25 bits per heavy atom. The normalized spacial score (nSPS) is 31.5. The van der Waals surface area contributed by atoms with E-state index in [-0.39, 0.29) is 23.9 Å². The lowest BCUT2D eigenvalue weighted by atomic mass is 9.52. The molecule has 1 aromatic rings. The van der Waals surface area contributed by atoms with Crippen LogP contribution in [0.4, 0.5) is 13.2 Å². The second-order valence-electron chi connectivity index (χ2n) is 13.4. The highest BCUT2D eigenvalue weighted by molar-refractivity contribution is 6.32. The Hall–Kier alpha value is -3.16. The third kappa shape index (κ3) is 4.69. The van der Waals surface area contributed by atoms with Gasteiger partial charge in [-0.25, -0.2) is 0 Å². The number of hydrogen-bond donors (Lipinski definition) is 3. The van der Waals surface area contributed by atoms with Crippen molar-refractivity contribution in [2.45, 2.75) is 69.8 Å². The first kappa shape index (κ1) is 32.2. The maximum Gasteiger partial charge on any atom is 0.417 e. The van der Waals surface area contributed by atoms with Gasteiger partial charge in [-0.3, -0.25) is 28.9 Å². The van der Waals surface area contributed by atoms with Gasteiger partial charge in [-0.05, 0) is 81.8 Å². The second kappa shape index (κ2) is 10.7. The number of nitrogens with two attached hydrogens (primary N) is 1. The Morgan fingerprint density at radius 1 is 1.11 bits per heavy atom. The minimum atomic E-state index is -4.91. The predicted molar refractivity (Wildman–Crippen MR) is 149 cm³/mol. The van der Waals surface area contributed by atoms with Crippen molar-refractivity contribution in [1.29, 1.82) is 0 Å². The molecular weight excluding hydrogens is 583 g/mol. The first-order valence-electron chi connectivity index (χ1n) is 14.9. The quantitative estimate of drug-likeness (QED) is 0.387. The lowest BCUT2D eigenvalue weighted by molar-refractivity contribution is -0.181. The molecule has 1 aromatic carbocycles. The number of amides is 1. The molecule has 5 rings (SSSR count). The van der Waals surface area contributed by atoms with Crippen molar-refractivity contribution < 1.29 is 47.4 Å². The lowest BCUT2D eigenvalue weighted by Crippen LogP contribution is -2.74. The molecule has 1 amide bonds. The fraction of sp³-hybridized carbons (Fsp3) is 0.645. The lowest BCUT2D eigenvalue weighted by Gasteiger charge is -2.52. The van der Waals surface area contributed by atoms with Crippen LogP contribution in [-0.2, 0) is 38.3 Å². The van der Waals surface area contributed by atoms with Gasteiger partial charge in [-0.15, -0.1) is 0 Å². The summed E-state index contributed by atoms with van der Waals surface area (Å²) in [5.74, 6) is -13.3. The minimum Gasteiger partial charge on any atom is -0.507 e. The molecule has 0 saturated heterocycles. The number of halogens is 3. The van der Waals surface area contributed by atoms with Crippen LogP contribution in [0, 0.1) is 29.1 Å². The highest BCUT2D eigenvalue weighted by atomic mass is 19.4. The second-order valence-corrected chi connectivity index (χ2v) is 13.4. The number of likely N-dealkylation sites (N-methyl/N-ethyl adjacent to an activating group) is 1. The highest BCUT2D eigenvalue weighted by Crippen LogP contribution is 2.53. The van der Waals surface area contributed by atoms with Crippen molar-refractivity contribution in [3.8, 4) is 5.75 Å². The number of ketones is 4. The summed E-state index contributed by atoms with van der Waals surface area (Å²) in [5, 5.41) is 22.6. The zero-order valence-electron chi connectivity index (χ0n) is 25.2. The Kier molecular flexibility index (Phi) is 7.86. The first-order valence-corrected chi connectivity index (χ1v) is 14.9. The average molecular weight is 622 g/mol. The van der Waals surface area contributed by atoms with Gasteiger partial charge < -0.3 is 20.8 Å². The molecule has 6 atom stereocenters. The van der Waals surface area contributed by atoms with Crippen LogP contribution in [0.5, 0.6) is 5.75 Å². The fourth-order valence-electron chi connectivity index (χ4n) is 8.44. The Morgan fingerprint density at radius 2 is 1.75 bits per heavy atom. The number of primary amides is 1. The molecule has 0 aromatic heterocycles. The molecule has 0 heterocycles. The summed E-state index contributed by atoms with van der Waals surface area (Å²) in [4.78, 5) is 69.5. The third-order valence-corrected chi connectivity index (χ3v) is 10.6. The highest BCUT2D eigenvalue weighted by Gasteiger charge is 2.69. The van der Waals surface area contributed by atoms with Gasteiger partial charge >= 0.3 is 6.18 Å². The van der Waals surface area contributed by atoms with E-state index in [0.29, 0.717) is 6.54 Å². The molecule has 4 aliphatic rings. The number of carbonyl (C=O) groups is 5. The largest absolute Gasteiger partial charge is 0.507 e. The van der Waals surface area contributed by atoms with Crippen LogP contribution >= 0.6 is 0 Å². The molecule has 13 heteroatoms. The summed E-state index contributed by atoms with van der Waals surface area (Å²) in [7, 11) is 4.58. The van der Waals surface area contributed by atoms with E-state index in [4.69, 9.17) is 5.73 Å². The van der Waals surface area contributed by atoms with Gasteiger partial charge in [0.15, 0.2) is 34.7 Å². The van der Waals surface area contributed by atoms with Crippen LogP contribution in [0.1, 0.15) is 66.1 Å². The van der Waals surface area contributed by atoms with Crippen LogP contribution in [0.3, 0.4) is 0 Å². The maximum absolute atomic E-state index is 14.8. The smallest absolute Gasteiger partial charge is 0.417 e. The molecule has 0 aliphatic heterocycles. The number of fused-ring (bicyclic) bond motifs is 3. The number of phenolic OH excluding ortho intramolecular Hbond substituents is 1. The summed E-state index contributed by atoms with van der Waals surface area (Å²) in [6.07, 6.45) is -1.78. The summed E-state index contributed by atoms with van der Waals surface area (Å²) in [5.41, 5.74) is 0.0231. The average Bonchev–Trinajstić information content (AvgIpc) is 2.87. The number of Topliss-reactive ketones (excluding diaryl/α,β-unsaturated/α-hetero) is 4. The van der Waals surface area contributed by atoms with Crippen molar-refractivity contribution in [1.82, 2.24) is 9.80 Å². The summed E-state index contributed by atoms with van der Waals surface area (Å²) in [6.45, 7) is 2.48. The van der Waals surface area contributed by atoms with E-state index in [1.54, 1.807) is 11.9 Å². The van der Waals surface area contributed by atoms with Gasteiger partial charge in [-0.2, -0.15) is 13.2 Å². The molecule has 2 unspecified atom stereocenters. The summed E-state index contributed by atoms with van der Waals surface area (Å²) < 4.78 is 44.4. The van der Waals surface area contributed by atoms with Crippen LogP contribution in [-0.4, -0.2) is 88.4 Å². The Bertz CT molecular complexity index is 1450. The van der Waals surface area contributed by atoms with E-state index < -0.39 is 99.4 Å². The van der Waals surface area contributed by atoms with Crippen molar-refractivity contribution in [2.75, 3.05) is 27.7 Å². The summed E-state index contributed by atoms with van der Waals surface area (Å²) >= 11 is 0. The molecule has 0 bridgehead atoms. The molecule has 4 aliphatic carbocycles. The number of benzene rings is 1. The maximum atomic E-state index is 14.8. The predicted octanol–water partition coefficient (Wildman–Crippen LogP) is 1.90. The zero-order chi connectivity index (χ0) is 32.7. The van der Waals surface area contributed by atoms with Crippen LogP contribution in [0.25, 0.3) is 0 Å². The molecular formula is C31H38F3N3O7. The zero-order valence-corrected chi connectivity index (χ0v) is 25.2.